The highest BCUT2D eigenvalue weighted by molar-refractivity contribution is 6.03. The summed E-state index contributed by atoms with van der Waals surface area (Å²) < 4.78 is 5.53. The van der Waals surface area contributed by atoms with Gasteiger partial charge in [-0.2, -0.15) is 0 Å². The lowest BCUT2D eigenvalue weighted by Crippen LogP contribution is -2.37. The van der Waals surface area contributed by atoms with E-state index in [-0.39, 0.29) is 17.6 Å². The molecule has 2 rings (SSSR count). The first-order valence-electron chi connectivity index (χ1n) is 6.46. The summed E-state index contributed by atoms with van der Waals surface area (Å²) in [4.78, 5) is 24.9. The van der Waals surface area contributed by atoms with Gasteiger partial charge in [-0.25, -0.2) is 4.79 Å². The number of aromatic carboxylic acids is 1. The Morgan fingerprint density at radius 1 is 1.40 bits per heavy atom. The number of anilines is 2. The first-order valence-corrected chi connectivity index (χ1v) is 6.46. The Bertz CT molecular complexity index is 544. The molecule has 1 fully saturated rings. The number of carboxylic acids is 1. The molecule has 0 bridgehead atoms. The summed E-state index contributed by atoms with van der Waals surface area (Å²) in [6, 6.07) is 4.46. The molecule has 2 unspecified atom stereocenters. The van der Waals surface area contributed by atoms with Crippen LogP contribution in [0.3, 0.4) is 0 Å². The van der Waals surface area contributed by atoms with E-state index in [9.17, 15) is 14.7 Å². The second-order valence-electron chi connectivity index (χ2n) is 4.99. The van der Waals surface area contributed by atoms with Crippen LogP contribution >= 0.6 is 0 Å². The van der Waals surface area contributed by atoms with Gasteiger partial charge < -0.3 is 20.5 Å². The second kappa shape index (κ2) is 5.50. The average Bonchev–Trinajstić information content (AvgIpc) is 2.83. The van der Waals surface area contributed by atoms with Crippen molar-refractivity contribution < 1.29 is 19.4 Å². The van der Waals surface area contributed by atoms with Crippen molar-refractivity contribution in [1.29, 1.82) is 0 Å². The van der Waals surface area contributed by atoms with Crippen LogP contribution in [0.25, 0.3) is 0 Å². The third kappa shape index (κ3) is 2.75. The molecule has 6 nitrogen and oxygen atoms in total. The van der Waals surface area contributed by atoms with Crippen molar-refractivity contribution in [2.24, 2.45) is 0 Å². The molecule has 1 aliphatic heterocycles. The summed E-state index contributed by atoms with van der Waals surface area (Å²) in [5, 5.41) is 9.20. The highest BCUT2D eigenvalue weighted by Crippen LogP contribution is 2.26. The number of hydrogen-bond donors (Lipinski definition) is 2. The SMILES string of the molecule is CC1CCC(C(=O)N(C)c2ccc(N)cc2C(=O)O)O1. The number of hydrogen-bond acceptors (Lipinski definition) is 4. The van der Waals surface area contributed by atoms with Gasteiger partial charge in [0.2, 0.25) is 0 Å². The summed E-state index contributed by atoms with van der Waals surface area (Å²) in [6.45, 7) is 1.92. The van der Waals surface area contributed by atoms with Crippen molar-refractivity contribution in [3.8, 4) is 0 Å². The monoisotopic (exact) mass is 278 g/mol. The molecule has 1 aromatic carbocycles. The van der Waals surface area contributed by atoms with E-state index in [4.69, 9.17) is 10.5 Å². The van der Waals surface area contributed by atoms with Gasteiger partial charge in [0.25, 0.3) is 5.91 Å². The molecule has 6 heteroatoms. The lowest BCUT2D eigenvalue weighted by atomic mass is 10.1. The van der Waals surface area contributed by atoms with Crippen LogP contribution in [-0.4, -0.2) is 36.2 Å². The number of amides is 1. The first-order chi connectivity index (χ1) is 9.40. The van der Waals surface area contributed by atoms with Crippen LogP contribution in [0.4, 0.5) is 11.4 Å². The molecule has 2 atom stereocenters. The minimum Gasteiger partial charge on any atom is -0.478 e. The fraction of sp³-hybridized carbons (Fsp3) is 0.429. The van der Waals surface area contributed by atoms with Crippen molar-refractivity contribution in [3.63, 3.8) is 0 Å². The number of rotatable bonds is 3. The highest BCUT2D eigenvalue weighted by atomic mass is 16.5. The number of benzene rings is 1. The summed E-state index contributed by atoms with van der Waals surface area (Å²) in [6.07, 6.45) is 1.04. The normalized spacial score (nSPS) is 21.7. The Morgan fingerprint density at radius 3 is 2.65 bits per heavy atom. The highest BCUT2D eigenvalue weighted by Gasteiger charge is 2.31. The van der Waals surface area contributed by atoms with Crippen molar-refractivity contribution >= 4 is 23.3 Å². The predicted octanol–water partition coefficient (Wildman–Crippen LogP) is 1.50. The maximum absolute atomic E-state index is 12.3. The Labute approximate surface area is 117 Å². The van der Waals surface area contributed by atoms with Crippen LogP contribution in [0.1, 0.15) is 30.1 Å². The number of carbonyl (C=O) groups is 2. The quantitative estimate of drug-likeness (QED) is 0.817. The summed E-state index contributed by atoms with van der Waals surface area (Å²) in [5.74, 6) is -1.35. The van der Waals surface area contributed by atoms with E-state index in [1.54, 1.807) is 13.1 Å². The average molecular weight is 278 g/mol. The minimum atomic E-state index is -1.12. The predicted molar refractivity (Wildman–Crippen MR) is 74.8 cm³/mol. The zero-order valence-corrected chi connectivity index (χ0v) is 11.5. The van der Waals surface area contributed by atoms with E-state index >= 15 is 0 Å². The van der Waals surface area contributed by atoms with Gasteiger partial charge in [0.1, 0.15) is 6.10 Å². The molecular weight excluding hydrogens is 260 g/mol. The Morgan fingerprint density at radius 2 is 2.10 bits per heavy atom. The number of likely N-dealkylation sites (N-methyl/N-ethyl adjacent to an activating group) is 1. The van der Waals surface area contributed by atoms with E-state index in [1.807, 2.05) is 6.92 Å². The summed E-state index contributed by atoms with van der Waals surface area (Å²) in [7, 11) is 1.55. The maximum atomic E-state index is 12.3. The number of carboxylic acid groups (broad SMARTS) is 1. The van der Waals surface area contributed by atoms with Gasteiger partial charge in [0, 0.05) is 12.7 Å². The molecule has 1 saturated heterocycles. The number of nitrogen functional groups attached to an aromatic ring is 1. The maximum Gasteiger partial charge on any atom is 0.337 e. The number of nitrogens with two attached hydrogens (primary N) is 1. The van der Waals surface area contributed by atoms with E-state index in [2.05, 4.69) is 0 Å². The fourth-order valence-electron chi connectivity index (χ4n) is 2.34. The van der Waals surface area contributed by atoms with Crippen LogP contribution < -0.4 is 10.6 Å². The number of nitrogens with zero attached hydrogens (tertiary/aromatic N) is 1. The van der Waals surface area contributed by atoms with Gasteiger partial charge in [-0.15, -0.1) is 0 Å². The van der Waals surface area contributed by atoms with Crippen molar-refractivity contribution in [2.75, 3.05) is 17.7 Å². The largest absolute Gasteiger partial charge is 0.478 e. The third-order valence-corrected chi connectivity index (χ3v) is 3.45. The lowest BCUT2D eigenvalue weighted by Gasteiger charge is -2.22. The zero-order chi connectivity index (χ0) is 14.9. The van der Waals surface area contributed by atoms with Gasteiger partial charge in [0.15, 0.2) is 0 Å². The van der Waals surface area contributed by atoms with Crippen molar-refractivity contribution in [2.45, 2.75) is 32.0 Å². The Balaban J connectivity index is 2.26. The Kier molecular flexibility index (Phi) is 3.94. The van der Waals surface area contributed by atoms with Gasteiger partial charge in [-0.1, -0.05) is 0 Å². The minimum absolute atomic E-state index is 0.00638. The van der Waals surface area contributed by atoms with Crippen LogP contribution in [-0.2, 0) is 9.53 Å². The fourth-order valence-corrected chi connectivity index (χ4v) is 2.34. The van der Waals surface area contributed by atoms with Crippen molar-refractivity contribution in [3.05, 3.63) is 23.8 Å². The standard InChI is InChI=1S/C14H18N2O4/c1-8-3-6-12(20-8)13(17)16(2)11-5-4-9(15)7-10(11)14(18)19/h4-5,7-8,12H,3,6,15H2,1-2H3,(H,18,19). The molecule has 0 saturated carbocycles. The number of ether oxygens (including phenoxy) is 1. The topological polar surface area (TPSA) is 92.9 Å². The van der Waals surface area contributed by atoms with E-state index < -0.39 is 12.1 Å². The summed E-state index contributed by atoms with van der Waals surface area (Å²) >= 11 is 0. The van der Waals surface area contributed by atoms with E-state index in [1.165, 1.54) is 17.0 Å². The Hall–Kier alpha value is -2.08. The smallest absolute Gasteiger partial charge is 0.337 e. The van der Waals surface area contributed by atoms with Gasteiger partial charge in [-0.3, -0.25) is 4.79 Å². The van der Waals surface area contributed by atoms with Crippen molar-refractivity contribution in [1.82, 2.24) is 0 Å². The molecule has 1 aromatic rings. The molecule has 1 heterocycles. The zero-order valence-electron chi connectivity index (χ0n) is 11.5. The van der Waals surface area contributed by atoms with Crippen LogP contribution in [0.15, 0.2) is 18.2 Å². The number of carbonyl (C=O) groups excluding carboxylic acids is 1. The second-order valence-corrected chi connectivity index (χ2v) is 4.99. The molecule has 0 aliphatic carbocycles. The van der Waals surface area contributed by atoms with Gasteiger partial charge in [0.05, 0.1) is 17.4 Å². The molecular formula is C14H18N2O4. The molecule has 20 heavy (non-hydrogen) atoms. The third-order valence-electron chi connectivity index (χ3n) is 3.45. The molecule has 0 spiro atoms. The van der Waals surface area contributed by atoms with Crippen LogP contribution in [0.2, 0.25) is 0 Å². The van der Waals surface area contributed by atoms with Crippen LogP contribution in [0.5, 0.6) is 0 Å². The molecule has 0 aromatic heterocycles. The first kappa shape index (κ1) is 14.3. The van der Waals surface area contributed by atoms with Gasteiger partial charge in [-0.05, 0) is 38.0 Å². The molecule has 108 valence electrons. The summed E-state index contributed by atoms with van der Waals surface area (Å²) in [5.41, 5.74) is 6.26. The molecule has 1 amide bonds. The molecule has 0 radical (unpaired) electrons. The molecule has 3 N–H and O–H groups in total. The lowest BCUT2D eigenvalue weighted by molar-refractivity contribution is -0.128. The van der Waals surface area contributed by atoms with E-state index in [0.29, 0.717) is 17.8 Å². The van der Waals surface area contributed by atoms with Crippen LogP contribution in [0, 0.1) is 0 Å². The molecule has 1 aliphatic rings. The van der Waals surface area contributed by atoms with E-state index in [0.717, 1.165) is 6.42 Å². The van der Waals surface area contributed by atoms with Gasteiger partial charge >= 0.3 is 5.97 Å².